The number of ether oxygens (including phenoxy) is 7. The van der Waals surface area contributed by atoms with E-state index in [-0.39, 0.29) is 25.0 Å². The Hall–Kier alpha value is -1.34. The highest BCUT2D eigenvalue weighted by molar-refractivity contribution is 5.83. The maximum Gasteiger partial charge on any atom is 0.311 e. The molecule has 0 aliphatic carbocycles. The molecule has 0 aromatic carbocycles. The first-order chi connectivity index (χ1) is 24.4. The first-order valence-electron chi connectivity index (χ1n) is 18.9. The molecule has 310 valence electrons. The van der Waals surface area contributed by atoms with Gasteiger partial charge in [0, 0.05) is 44.4 Å². The molecule has 3 rings (SSSR count). The molecule has 3 heterocycles. The fourth-order valence-electron chi connectivity index (χ4n) is 8.64. The van der Waals surface area contributed by atoms with Crippen LogP contribution in [0.1, 0.15) is 88.5 Å². The highest BCUT2D eigenvalue weighted by Gasteiger charge is 2.54. The third kappa shape index (κ3) is 9.80. The van der Waals surface area contributed by atoms with Gasteiger partial charge in [0.15, 0.2) is 18.7 Å². The molecule has 3 aliphatic heterocycles. The molecule has 3 fully saturated rings. The van der Waals surface area contributed by atoms with Crippen molar-refractivity contribution in [2.24, 2.45) is 23.7 Å². The van der Waals surface area contributed by atoms with E-state index in [1.165, 1.54) is 35.0 Å². The van der Waals surface area contributed by atoms with E-state index in [4.69, 9.17) is 33.2 Å². The minimum absolute atomic E-state index is 0.0578. The quantitative estimate of drug-likeness (QED) is 0.222. The predicted octanol–water partition coefficient (Wildman–Crippen LogP) is 1.41. The van der Waals surface area contributed by atoms with Crippen molar-refractivity contribution in [1.29, 1.82) is 0 Å². The van der Waals surface area contributed by atoms with Crippen LogP contribution in [0, 0.1) is 23.7 Å². The lowest BCUT2D eigenvalue weighted by atomic mass is 9.73. The summed E-state index contributed by atoms with van der Waals surface area (Å²) in [5, 5.41) is 56.4. The van der Waals surface area contributed by atoms with Crippen molar-refractivity contribution in [1.82, 2.24) is 4.90 Å². The van der Waals surface area contributed by atoms with Crippen molar-refractivity contribution in [3.05, 3.63) is 0 Å². The number of hydrogen-bond acceptors (Lipinski definition) is 15. The van der Waals surface area contributed by atoms with Gasteiger partial charge in [-0.1, -0.05) is 20.8 Å². The van der Waals surface area contributed by atoms with E-state index in [2.05, 4.69) is 0 Å². The SMILES string of the molecule is CO[C@]1(C)C[C@@H](C)C(=O)[C@H](C)[C@H](O)[C@](C)(O)[C@@H]([C@@H](C)O)OC(=O)[C@H](C)[C@@H](O[C@H]2C[C@@](C)(OC)[C@@H](O)[C@H](C)O2)[C@@H](C)[C@H]1O[C@@H]1O[C@H](C)C[C@H](N(C)C)[C@H]1O. The fraction of sp³-hybridized carbons (Fsp3) is 0.947. The molecular weight excluding hydrogens is 694 g/mol. The summed E-state index contributed by atoms with van der Waals surface area (Å²) in [5.74, 6) is -5.10. The Kier molecular flexibility index (Phi) is 15.5. The van der Waals surface area contributed by atoms with Crippen LogP contribution >= 0.6 is 0 Å². The Morgan fingerprint density at radius 1 is 0.849 bits per heavy atom. The van der Waals surface area contributed by atoms with Crippen LogP contribution in [0.25, 0.3) is 0 Å². The van der Waals surface area contributed by atoms with Crippen molar-refractivity contribution in [3.8, 4) is 0 Å². The molecule has 3 aliphatic rings. The van der Waals surface area contributed by atoms with Crippen molar-refractivity contribution >= 4 is 11.8 Å². The minimum atomic E-state index is -2.24. The molecule has 0 bridgehead atoms. The third-order valence-electron chi connectivity index (χ3n) is 12.2. The van der Waals surface area contributed by atoms with E-state index < -0.39 is 114 Å². The number of cyclic esters (lactones) is 1. The number of esters is 1. The largest absolute Gasteiger partial charge is 0.456 e. The Balaban J connectivity index is 2.24. The van der Waals surface area contributed by atoms with E-state index in [1.807, 2.05) is 25.9 Å². The van der Waals surface area contributed by atoms with Crippen molar-refractivity contribution in [2.45, 2.75) is 179 Å². The Morgan fingerprint density at radius 3 is 1.96 bits per heavy atom. The molecule has 53 heavy (non-hydrogen) atoms. The molecule has 0 radical (unpaired) electrons. The summed E-state index contributed by atoms with van der Waals surface area (Å²) >= 11 is 0. The molecule has 3 saturated heterocycles. The Morgan fingerprint density at radius 2 is 1.43 bits per heavy atom. The number of aliphatic hydroxyl groups excluding tert-OH is 4. The molecule has 0 aromatic rings. The predicted molar refractivity (Wildman–Crippen MR) is 192 cm³/mol. The summed E-state index contributed by atoms with van der Waals surface area (Å²) in [4.78, 5) is 30.1. The minimum Gasteiger partial charge on any atom is -0.456 e. The van der Waals surface area contributed by atoms with E-state index >= 15 is 0 Å². The van der Waals surface area contributed by atoms with Gasteiger partial charge in [-0.05, 0) is 75.4 Å². The fourth-order valence-corrected chi connectivity index (χ4v) is 8.64. The summed E-state index contributed by atoms with van der Waals surface area (Å²) < 4.78 is 43.6. The van der Waals surface area contributed by atoms with Gasteiger partial charge in [0.25, 0.3) is 0 Å². The van der Waals surface area contributed by atoms with Crippen LogP contribution in [-0.2, 0) is 42.7 Å². The van der Waals surface area contributed by atoms with Crippen LogP contribution in [-0.4, -0.2) is 161 Å². The van der Waals surface area contributed by atoms with E-state index in [1.54, 1.807) is 41.5 Å². The number of nitrogens with zero attached hydrogens (tertiary/aromatic N) is 1. The maximum absolute atomic E-state index is 14.2. The lowest BCUT2D eigenvalue weighted by Crippen LogP contribution is -2.62. The monoisotopic (exact) mass is 763 g/mol. The number of hydrogen-bond donors (Lipinski definition) is 5. The molecule has 0 aromatic heterocycles. The van der Waals surface area contributed by atoms with E-state index in [9.17, 15) is 35.1 Å². The van der Waals surface area contributed by atoms with Gasteiger partial charge in [-0.15, -0.1) is 0 Å². The molecule has 0 unspecified atom stereocenters. The second-order valence-corrected chi connectivity index (χ2v) is 16.9. The van der Waals surface area contributed by atoms with Gasteiger partial charge in [-0.2, -0.15) is 0 Å². The first-order valence-corrected chi connectivity index (χ1v) is 18.9. The number of carbonyl (C=O) groups excluding carboxylic acids is 2. The molecule has 15 nitrogen and oxygen atoms in total. The molecule has 0 saturated carbocycles. The number of rotatable bonds is 8. The number of aliphatic hydroxyl groups is 5. The van der Waals surface area contributed by atoms with Gasteiger partial charge >= 0.3 is 5.97 Å². The van der Waals surface area contributed by atoms with Crippen LogP contribution in [0.5, 0.6) is 0 Å². The third-order valence-corrected chi connectivity index (χ3v) is 12.2. The smallest absolute Gasteiger partial charge is 0.311 e. The average molecular weight is 764 g/mol. The molecule has 5 N–H and O–H groups in total. The zero-order valence-corrected chi connectivity index (χ0v) is 34.2. The maximum atomic E-state index is 14.2. The van der Waals surface area contributed by atoms with E-state index in [0.717, 1.165) is 0 Å². The van der Waals surface area contributed by atoms with Crippen LogP contribution in [0.4, 0.5) is 0 Å². The summed E-state index contributed by atoms with van der Waals surface area (Å²) in [6, 6.07) is -0.310. The van der Waals surface area contributed by atoms with Crippen LogP contribution in [0.15, 0.2) is 0 Å². The molecule has 0 amide bonds. The Labute approximate surface area is 315 Å². The van der Waals surface area contributed by atoms with Crippen LogP contribution < -0.4 is 0 Å². The number of methoxy groups -OCH3 is 2. The lowest BCUT2D eigenvalue weighted by molar-refractivity contribution is -0.319. The molecule has 19 atom stereocenters. The lowest BCUT2D eigenvalue weighted by Gasteiger charge is -2.50. The highest BCUT2D eigenvalue weighted by atomic mass is 16.7. The van der Waals surface area contributed by atoms with Gasteiger partial charge < -0.3 is 63.6 Å². The first kappa shape index (κ1) is 46.0. The second kappa shape index (κ2) is 17.9. The van der Waals surface area contributed by atoms with Gasteiger partial charge in [-0.25, -0.2) is 0 Å². The number of likely N-dealkylation sites (N-methyl/N-ethyl adjacent to an activating group) is 1. The summed E-state index contributed by atoms with van der Waals surface area (Å²) in [7, 11) is 6.68. The van der Waals surface area contributed by atoms with E-state index in [0.29, 0.717) is 6.42 Å². The van der Waals surface area contributed by atoms with Gasteiger partial charge in [0.05, 0.1) is 53.7 Å². The van der Waals surface area contributed by atoms with Crippen molar-refractivity contribution in [3.63, 3.8) is 0 Å². The van der Waals surface area contributed by atoms with Gasteiger partial charge in [-0.3, -0.25) is 9.59 Å². The Bertz CT molecular complexity index is 1220. The molecular formula is C38H69NO14. The number of ketones is 1. The van der Waals surface area contributed by atoms with Gasteiger partial charge in [0.1, 0.15) is 23.6 Å². The van der Waals surface area contributed by atoms with Crippen LogP contribution in [0.3, 0.4) is 0 Å². The molecule has 0 spiro atoms. The summed E-state index contributed by atoms with van der Waals surface area (Å²) in [5.41, 5.74) is -4.61. The standard InChI is InChI=1S/C38H69NO14/c1-18-16-37(9,48-14)32(53-35-28(42)25(39(11)12)15-19(2)49-35)21(4)29(51-26-17-36(8,47-13)31(44)24(7)50-26)22(5)34(45)52-33(23(6)40)38(10,46)30(43)20(3)27(18)41/h18-26,28-33,35,40,42-44,46H,15-17H2,1-14H3/t18-,19-,20+,21-,22-,23-,24+,25+,26+,28-,29+,30+,31+,32-,33-,35+,36-,37-,38+/m1/s1. The second-order valence-electron chi connectivity index (χ2n) is 16.9. The van der Waals surface area contributed by atoms with Gasteiger partial charge in [0.2, 0.25) is 0 Å². The summed E-state index contributed by atoms with van der Waals surface area (Å²) in [6.07, 6.45) is -11.5. The number of carbonyl (C=O) groups is 2. The highest BCUT2D eigenvalue weighted by Crippen LogP contribution is 2.42. The van der Waals surface area contributed by atoms with Crippen molar-refractivity contribution < 1.29 is 68.3 Å². The topological polar surface area (TPSA) is 203 Å². The summed E-state index contributed by atoms with van der Waals surface area (Å²) in [6.45, 7) is 16.1. The number of Topliss-reactive ketones (excluding diaryl/α,β-unsaturated/α-hetero) is 1. The van der Waals surface area contributed by atoms with Crippen LogP contribution in [0.2, 0.25) is 0 Å². The average Bonchev–Trinajstić information content (AvgIpc) is 3.09. The molecule has 15 heteroatoms. The normalized spacial score (nSPS) is 48.9. The zero-order chi connectivity index (χ0) is 40.5. The zero-order valence-electron chi connectivity index (χ0n) is 34.2. The van der Waals surface area contributed by atoms with Crippen molar-refractivity contribution in [2.75, 3.05) is 28.3 Å².